The van der Waals surface area contributed by atoms with E-state index in [9.17, 15) is 9.90 Å². The molecule has 166 valence electrons. The van der Waals surface area contributed by atoms with Crippen LogP contribution in [0.1, 0.15) is 27.0 Å². The maximum atomic E-state index is 11.5. The fourth-order valence-electron chi connectivity index (χ4n) is 4.14. The standard InChI is InChI=1S/C26H22N2O5/c1-31-24-12-21-22(13-25(24)32-2)28(15-27-21)10-9-19-18-6-4-3-5-17(18)14-33-23-8-7-16(26(29)30)11-20(19)23/h3-9,11-13,15H,10,14H2,1-2H3,(H,29,30)/p-1/b19-9+. The fourth-order valence-corrected chi connectivity index (χ4v) is 4.14. The van der Waals surface area contributed by atoms with E-state index >= 15 is 0 Å². The van der Waals surface area contributed by atoms with Gasteiger partial charge in [-0.05, 0) is 40.5 Å². The normalized spacial score (nSPS) is 13.7. The van der Waals surface area contributed by atoms with Crippen molar-refractivity contribution in [1.29, 1.82) is 0 Å². The van der Waals surface area contributed by atoms with E-state index in [1.54, 1.807) is 32.7 Å². The van der Waals surface area contributed by atoms with E-state index in [1.165, 1.54) is 6.07 Å². The molecule has 0 saturated carbocycles. The quantitative estimate of drug-likeness (QED) is 0.472. The number of methoxy groups -OCH3 is 2. The third-order valence-corrected chi connectivity index (χ3v) is 5.81. The Bertz CT molecular complexity index is 1400. The number of carbonyl (C=O) groups excluding carboxylic acids is 1. The van der Waals surface area contributed by atoms with Gasteiger partial charge in [-0.15, -0.1) is 0 Å². The van der Waals surface area contributed by atoms with Crippen LogP contribution in [0.25, 0.3) is 16.6 Å². The Labute approximate surface area is 190 Å². The molecule has 0 amide bonds. The van der Waals surface area contributed by atoms with Crippen LogP contribution in [0.3, 0.4) is 0 Å². The van der Waals surface area contributed by atoms with Crippen LogP contribution in [-0.4, -0.2) is 29.7 Å². The number of carboxylic acid groups (broad SMARTS) is 1. The van der Waals surface area contributed by atoms with E-state index in [4.69, 9.17) is 14.2 Å². The Hall–Kier alpha value is -4.26. The van der Waals surface area contributed by atoms with Crippen LogP contribution >= 0.6 is 0 Å². The third kappa shape index (κ3) is 3.67. The second-order valence-electron chi connectivity index (χ2n) is 7.65. The van der Waals surface area contributed by atoms with E-state index in [2.05, 4.69) is 11.1 Å². The molecule has 2 heterocycles. The summed E-state index contributed by atoms with van der Waals surface area (Å²) < 4.78 is 18.8. The topological polar surface area (TPSA) is 85.6 Å². The molecule has 0 saturated heterocycles. The molecule has 3 aromatic carbocycles. The number of carbonyl (C=O) groups is 1. The van der Waals surface area contributed by atoms with E-state index in [0.717, 1.165) is 27.7 Å². The summed E-state index contributed by atoms with van der Waals surface area (Å²) in [4.78, 5) is 16.0. The van der Waals surface area contributed by atoms with Crippen molar-refractivity contribution in [1.82, 2.24) is 9.55 Å². The summed E-state index contributed by atoms with van der Waals surface area (Å²) in [6.07, 6.45) is 3.82. The molecule has 0 bridgehead atoms. The molecule has 0 N–H and O–H groups in total. The number of nitrogens with zero attached hydrogens (tertiary/aromatic N) is 2. The first-order valence-corrected chi connectivity index (χ1v) is 10.4. The molecule has 5 rings (SSSR count). The van der Waals surface area contributed by atoms with Crippen molar-refractivity contribution in [2.45, 2.75) is 13.2 Å². The minimum absolute atomic E-state index is 0.104. The number of rotatable bonds is 5. The highest BCUT2D eigenvalue weighted by molar-refractivity contribution is 5.91. The van der Waals surface area contributed by atoms with Crippen LogP contribution in [0, 0.1) is 0 Å². The summed E-state index contributed by atoms with van der Waals surface area (Å²) in [5.41, 5.74) is 5.41. The number of ether oxygens (including phenoxy) is 3. The van der Waals surface area contributed by atoms with Crippen molar-refractivity contribution in [3.8, 4) is 17.2 Å². The number of hydrogen-bond acceptors (Lipinski definition) is 6. The molecule has 0 unspecified atom stereocenters. The number of aromatic nitrogens is 2. The van der Waals surface area contributed by atoms with Crippen molar-refractivity contribution < 1.29 is 24.1 Å². The number of benzene rings is 3. The van der Waals surface area contributed by atoms with Gasteiger partial charge in [-0.3, -0.25) is 0 Å². The molecule has 0 aliphatic carbocycles. The molecule has 0 radical (unpaired) electrons. The van der Waals surface area contributed by atoms with Gasteiger partial charge in [0, 0.05) is 24.2 Å². The van der Waals surface area contributed by atoms with Gasteiger partial charge in [-0.1, -0.05) is 30.3 Å². The zero-order valence-corrected chi connectivity index (χ0v) is 18.2. The lowest BCUT2D eigenvalue weighted by Gasteiger charge is -2.13. The number of aromatic carboxylic acids is 1. The molecular formula is C26H21N2O5-. The van der Waals surface area contributed by atoms with Crippen LogP contribution < -0.4 is 19.3 Å². The lowest BCUT2D eigenvalue weighted by atomic mass is 9.93. The summed E-state index contributed by atoms with van der Waals surface area (Å²) in [7, 11) is 3.19. The highest BCUT2D eigenvalue weighted by atomic mass is 16.5. The van der Waals surface area contributed by atoms with Crippen LogP contribution in [0.4, 0.5) is 0 Å². The molecule has 0 atom stereocenters. The minimum atomic E-state index is -1.23. The van der Waals surface area contributed by atoms with E-state index < -0.39 is 5.97 Å². The number of imidazole rings is 1. The smallest absolute Gasteiger partial charge is 0.163 e. The second-order valence-corrected chi connectivity index (χ2v) is 7.65. The average Bonchev–Trinajstić information content (AvgIpc) is 3.16. The third-order valence-electron chi connectivity index (χ3n) is 5.81. The van der Waals surface area contributed by atoms with Crippen molar-refractivity contribution in [2.75, 3.05) is 14.2 Å². The lowest BCUT2D eigenvalue weighted by Crippen LogP contribution is -2.22. The van der Waals surface area contributed by atoms with Gasteiger partial charge >= 0.3 is 0 Å². The summed E-state index contributed by atoms with van der Waals surface area (Å²) in [6.45, 7) is 0.904. The van der Waals surface area contributed by atoms with Crippen molar-refractivity contribution in [3.63, 3.8) is 0 Å². The van der Waals surface area contributed by atoms with Gasteiger partial charge < -0.3 is 28.7 Å². The van der Waals surface area contributed by atoms with Crippen molar-refractivity contribution in [2.24, 2.45) is 0 Å². The lowest BCUT2D eigenvalue weighted by molar-refractivity contribution is -0.255. The minimum Gasteiger partial charge on any atom is -0.545 e. The predicted octanol–water partition coefficient (Wildman–Crippen LogP) is 3.44. The maximum Gasteiger partial charge on any atom is 0.163 e. The molecule has 0 spiro atoms. The average molecular weight is 441 g/mol. The first-order valence-electron chi connectivity index (χ1n) is 10.4. The summed E-state index contributed by atoms with van der Waals surface area (Å²) >= 11 is 0. The molecule has 1 aliphatic heterocycles. The SMILES string of the molecule is COc1cc2ncn(C/C=C3\c4ccccc4COc4ccc(C(=O)[O-])cc43)c2cc1OC. The van der Waals surface area contributed by atoms with E-state index in [-0.39, 0.29) is 5.56 Å². The van der Waals surface area contributed by atoms with Gasteiger partial charge in [-0.25, -0.2) is 4.98 Å². The van der Waals surface area contributed by atoms with Gasteiger partial charge in [0.05, 0.1) is 37.5 Å². The Balaban J connectivity index is 1.64. The Kier molecular flexibility index (Phi) is 5.22. The number of fused-ring (bicyclic) bond motifs is 3. The second kappa shape index (κ2) is 8.35. The van der Waals surface area contributed by atoms with E-state index in [1.807, 2.05) is 41.0 Å². The van der Waals surface area contributed by atoms with E-state index in [0.29, 0.717) is 36.0 Å². The van der Waals surface area contributed by atoms with Gasteiger partial charge in [0.25, 0.3) is 0 Å². The van der Waals surface area contributed by atoms with Crippen LogP contribution in [0.5, 0.6) is 17.2 Å². The maximum absolute atomic E-state index is 11.5. The molecule has 7 heteroatoms. The molecule has 7 nitrogen and oxygen atoms in total. The molecular weight excluding hydrogens is 420 g/mol. The monoisotopic (exact) mass is 441 g/mol. The van der Waals surface area contributed by atoms with Crippen LogP contribution in [-0.2, 0) is 13.2 Å². The molecule has 4 aromatic rings. The molecule has 33 heavy (non-hydrogen) atoms. The van der Waals surface area contributed by atoms with Gasteiger partial charge in [-0.2, -0.15) is 0 Å². The van der Waals surface area contributed by atoms with Crippen LogP contribution in [0.2, 0.25) is 0 Å². The zero-order chi connectivity index (χ0) is 22.9. The highest BCUT2D eigenvalue weighted by Crippen LogP contribution is 2.38. The first kappa shape index (κ1) is 20.6. The molecule has 1 aliphatic rings. The predicted molar refractivity (Wildman–Crippen MR) is 121 cm³/mol. The molecule has 0 fully saturated rings. The van der Waals surface area contributed by atoms with Crippen molar-refractivity contribution in [3.05, 3.63) is 89.3 Å². The Morgan fingerprint density at radius 3 is 2.67 bits per heavy atom. The highest BCUT2D eigenvalue weighted by Gasteiger charge is 2.20. The van der Waals surface area contributed by atoms with Crippen LogP contribution in [0.15, 0.2) is 67.0 Å². The summed E-state index contributed by atoms with van der Waals surface area (Å²) in [5.74, 6) is 0.643. The largest absolute Gasteiger partial charge is 0.545 e. The Morgan fingerprint density at radius 2 is 1.88 bits per heavy atom. The number of hydrogen-bond donors (Lipinski definition) is 0. The number of allylic oxidation sites excluding steroid dienone is 1. The number of carboxylic acids is 1. The summed E-state index contributed by atoms with van der Waals surface area (Å²) in [6, 6.07) is 16.5. The zero-order valence-electron chi connectivity index (χ0n) is 18.2. The summed E-state index contributed by atoms with van der Waals surface area (Å²) in [5, 5.41) is 11.5. The van der Waals surface area contributed by atoms with Crippen molar-refractivity contribution >= 4 is 22.6 Å². The van der Waals surface area contributed by atoms with Gasteiger partial charge in [0.15, 0.2) is 11.5 Å². The van der Waals surface area contributed by atoms with Gasteiger partial charge in [0.1, 0.15) is 12.4 Å². The molecule has 1 aromatic heterocycles. The van der Waals surface area contributed by atoms with Gasteiger partial charge in [0.2, 0.25) is 0 Å². The Morgan fingerprint density at radius 1 is 1.09 bits per heavy atom. The first-order chi connectivity index (χ1) is 16.1. The fraction of sp³-hybridized carbons (Fsp3) is 0.154.